The van der Waals surface area contributed by atoms with E-state index in [9.17, 15) is 20.7 Å². The summed E-state index contributed by atoms with van der Waals surface area (Å²) < 4.78 is 61.7. The van der Waals surface area contributed by atoms with Gasteiger partial charge in [0, 0.05) is 6.04 Å². The van der Waals surface area contributed by atoms with Gasteiger partial charge in [-0.05, 0) is 43.9 Å². The lowest BCUT2D eigenvalue weighted by Crippen LogP contribution is -2.37. The molecule has 5 nitrogen and oxygen atoms in total. The van der Waals surface area contributed by atoms with Crippen molar-refractivity contribution in [2.75, 3.05) is 0 Å². The first-order valence-electron chi connectivity index (χ1n) is 6.77. The number of rotatable bonds is 5. The molecule has 1 saturated carbocycles. The van der Waals surface area contributed by atoms with Gasteiger partial charge in [0.05, 0.1) is 9.79 Å². The Morgan fingerprint density at radius 3 is 2.29 bits per heavy atom. The monoisotopic (exact) mass is 335 g/mol. The SMILES string of the molecule is CC(NS(=O)(=O)c1cccc(S(=O)(=O)F)c1)C1CCCC1. The number of hydrogen-bond donors (Lipinski definition) is 1. The van der Waals surface area contributed by atoms with E-state index in [1.54, 1.807) is 6.92 Å². The molecule has 0 heterocycles. The fourth-order valence-corrected chi connectivity index (χ4v) is 4.60. The highest BCUT2D eigenvalue weighted by Crippen LogP contribution is 2.28. The van der Waals surface area contributed by atoms with Crippen molar-refractivity contribution in [1.82, 2.24) is 4.72 Å². The van der Waals surface area contributed by atoms with Crippen molar-refractivity contribution in [3.63, 3.8) is 0 Å². The lowest BCUT2D eigenvalue weighted by Gasteiger charge is -2.20. The number of halogens is 1. The van der Waals surface area contributed by atoms with Gasteiger partial charge in [0.25, 0.3) is 0 Å². The molecule has 1 N–H and O–H groups in total. The van der Waals surface area contributed by atoms with Crippen LogP contribution in [0.3, 0.4) is 0 Å². The maximum Gasteiger partial charge on any atom is 0.332 e. The molecule has 0 radical (unpaired) electrons. The van der Waals surface area contributed by atoms with E-state index in [0.717, 1.165) is 37.8 Å². The largest absolute Gasteiger partial charge is 0.332 e. The van der Waals surface area contributed by atoms with Crippen LogP contribution in [0.1, 0.15) is 32.6 Å². The number of sulfonamides is 1. The van der Waals surface area contributed by atoms with E-state index in [0.29, 0.717) is 0 Å². The van der Waals surface area contributed by atoms with Gasteiger partial charge in [0.1, 0.15) is 0 Å². The molecule has 0 bridgehead atoms. The standard InChI is InChI=1S/C13H18FNO4S2/c1-10(11-5-2-3-6-11)15-21(18,19)13-8-4-7-12(9-13)20(14,16)17/h4,7-11,15H,2-3,5-6H2,1H3. The van der Waals surface area contributed by atoms with Crippen LogP contribution < -0.4 is 4.72 Å². The highest BCUT2D eigenvalue weighted by molar-refractivity contribution is 7.89. The van der Waals surface area contributed by atoms with Gasteiger partial charge in [-0.25, -0.2) is 13.1 Å². The van der Waals surface area contributed by atoms with E-state index in [-0.39, 0.29) is 16.9 Å². The number of hydrogen-bond acceptors (Lipinski definition) is 4. The fraction of sp³-hybridized carbons (Fsp3) is 0.538. The van der Waals surface area contributed by atoms with Crippen LogP contribution in [0.25, 0.3) is 0 Å². The van der Waals surface area contributed by atoms with E-state index in [1.807, 2.05) is 0 Å². The van der Waals surface area contributed by atoms with Gasteiger partial charge >= 0.3 is 10.2 Å². The van der Waals surface area contributed by atoms with Crippen LogP contribution in [-0.4, -0.2) is 22.9 Å². The summed E-state index contributed by atoms with van der Waals surface area (Å²) in [5.41, 5.74) is 0. The summed E-state index contributed by atoms with van der Waals surface area (Å²) in [6, 6.07) is 4.08. The molecule has 0 aliphatic heterocycles. The summed E-state index contributed by atoms with van der Waals surface area (Å²) in [6.07, 6.45) is 4.13. The Hall–Kier alpha value is -0.990. The minimum Gasteiger partial charge on any atom is -0.208 e. The summed E-state index contributed by atoms with van der Waals surface area (Å²) in [6.45, 7) is 1.79. The first kappa shape index (κ1) is 16.4. The van der Waals surface area contributed by atoms with Crippen molar-refractivity contribution in [1.29, 1.82) is 0 Å². The molecule has 1 aromatic carbocycles. The predicted molar refractivity (Wildman–Crippen MR) is 76.5 cm³/mol. The molecule has 21 heavy (non-hydrogen) atoms. The molecule has 1 fully saturated rings. The zero-order chi connectivity index (χ0) is 15.7. The quantitative estimate of drug-likeness (QED) is 0.837. The third-order valence-corrected chi connectivity index (χ3v) is 6.22. The van der Waals surface area contributed by atoms with Crippen LogP contribution in [-0.2, 0) is 20.2 Å². The van der Waals surface area contributed by atoms with Gasteiger partial charge in [-0.2, -0.15) is 8.42 Å². The highest BCUT2D eigenvalue weighted by atomic mass is 32.3. The molecule has 0 aromatic heterocycles. The molecule has 0 spiro atoms. The Morgan fingerprint density at radius 1 is 1.14 bits per heavy atom. The second kappa shape index (κ2) is 6.02. The van der Waals surface area contributed by atoms with Gasteiger partial charge in [0.2, 0.25) is 10.0 Å². The van der Waals surface area contributed by atoms with Crippen molar-refractivity contribution >= 4 is 20.2 Å². The minimum absolute atomic E-state index is 0.233. The lowest BCUT2D eigenvalue weighted by atomic mass is 10.0. The average Bonchev–Trinajstić information content (AvgIpc) is 2.91. The highest BCUT2D eigenvalue weighted by Gasteiger charge is 2.26. The van der Waals surface area contributed by atoms with E-state index in [2.05, 4.69) is 4.72 Å². The normalized spacial score (nSPS) is 18.8. The van der Waals surface area contributed by atoms with E-state index >= 15 is 0 Å². The van der Waals surface area contributed by atoms with E-state index in [1.165, 1.54) is 12.1 Å². The molecular weight excluding hydrogens is 317 g/mol. The molecule has 2 rings (SSSR count). The zero-order valence-corrected chi connectivity index (χ0v) is 13.3. The van der Waals surface area contributed by atoms with Crippen molar-refractivity contribution in [3.8, 4) is 0 Å². The number of benzene rings is 1. The van der Waals surface area contributed by atoms with Crippen LogP contribution in [0.15, 0.2) is 34.1 Å². The third-order valence-electron chi connectivity index (χ3n) is 3.85. The molecule has 8 heteroatoms. The van der Waals surface area contributed by atoms with Gasteiger partial charge < -0.3 is 0 Å². The van der Waals surface area contributed by atoms with Crippen LogP contribution in [0, 0.1) is 5.92 Å². The van der Waals surface area contributed by atoms with Gasteiger partial charge in [-0.1, -0.05) is 18.9 Å². The first-order chi connectivity index (χ1) is 9.70. The molecule has 1 atom stereocenters. The van der Waals surface area contributed by atoms with Gasteiger partial charge in [-0.15, -0.1) is 3.89 Å². The van der Waals surface area contributed by atoms with Crippen LogP contribution in [0.5, 0.6) is 0 Å². The maximum atomic E-state index is 13.0. The Kier molecular flexibility index (Phi) is 4.69. The summed E-state index contributed by atoms with van der Waals surface area (Å²) >= 11 is 0. The molecule has 1 aromatic rings. The zero-order valence-electron chi connectivity index (χ0n) is 11.6. The van der Waals surface area contributed by atoms with Crippen LogP contribution >= 0.6 is 0 Å². The lowest BCUT2D eigenvalue weighted by molar-refractivity contribution is 0.424. The molecule has 1 aliphatic carbocycles. The molecule has 118 valence electrons. The van der Waals surface area contributed by atoms with Crippen LogP contribution in [0.4, 0.5) is 3.89 Å². The van der Waals surface area contributed by atoms with Gasteiger partial charge in [-0.3, -0.25) is 0 Å². The van der Waals surface area contributed by atoms with Crippen molar-refractivity contribution in [2.45, 2.75) is 48.4 Å². The Balaban J connectivity index is 2.23. The second-order valence-electron chi connectivity index (χ2n) is 5.37. The summed E-state index contributed by atoms with van der Waals surface area (Å²) in [4.78, 5) is -0.898. The topological polar surface area (TPSA) is 80.3 Å². The molecule has 0 saturated heterocycles. The molecule has 0 amide bonds. The predicted octanol–water partition coefficient (Wildman–Crippen LogP) is 2.20. The molecule has 1 aliphatic rings. The fourth-order valence-electron chi connectivity index (χ4n) is 2.66. The van der Waals surface area contributed by atoms with E-state index < -0.39 is 25.1 Å². The first-order valence-corrected chi connectivity index (χ1v) is 9.64. The Labute approximate surface area is 124 Å². The maximum absolute atomic E-state index is 13.0. The third kappa shape index (κ3) is 4.02. The minimum atomic E-state index is -4.92. The average molecular weight is 335 g/mol. The Morgan fingerprint density at radius 2 is 1.71 bits per heavy atom. The summed E-state index contributed by atoms with van der Waals surface area (Å²) in [7, 11) is -8.78. The van der Waals surface area contributed by atoms with Crippen molar-refractivity contribution in [2.24, 2.45) is 5.92 Å². The van der Waals surface area contributed by atoms with E-state index in [4.69, 9.17) is 0 Å². The Bertz CT molecular complexity index is 709. The summed E-state index contributed by atoms with van der Waals surface area (Å²) in [5, 5.41) is 0. The smallest absolute Gasteiger partial charge is 0.208 e. The molecular formula is C13H18FNO4S2. The number of nitrogens with one attached hydrogen (secondary N) is 1. The van der Waals surface area contributed by atoms with Gasteiger partial charge in [0.15, 0.2) is 0 Å². The van der Waals surface area contributed by atoms with Crippen molar-refractivity contribution in [3.05, 3.63) is 24.3 Å². The van der Waals surface area contributed by atoms with Crippen molar-refractivity contribution < 1.29 is 20.7 Å². The van der Waals surface area contributed by atoms with Crippen LogP contribution in [0.2, 0.25) is 0 Å². The summed E-state index contributed by atoms with van der Waals surface area (Å²) in [5.74, 6) is 0.285. The second-order valence-corrected chi connectivity index (χ2v) is 8.43. The molecule has 1 unspecified atom stereocenters.